The maximum absolute atomic E-state index is 12.9. The average molecular weight is 273 g/mol. The zero-order valence-electron chi connectivity index (χ0n) is 11.6. The predicted octanol–water partition coefficient (Wildman–Crippen LogP) is 3.71. The molecule has 0 aliphatic rings. The molecule has 4 heteroatoms. The van der Waals surface area contributed by atoms with Crippen LogP contribution in [-0.2, 0) is 0 Å². The number of carbonyl (C=O) groups is 1. The van der Waals surface area contributed by atoms with Gasteiger partial charge in [0.15, 0.2) is 0 Å². The van der Waals surface area contributed by atoms with Crippen molar-refractivity contribution in [2.75, 3.05) is 5.32 Å². The van der Waals surface area contributed by atoms with Gasteiger partial charge in [-0.05, 0) is 44.0 Å². The second-order valence-corrected chi connectivity index (χ2v) is 4.89. The van der Waals surface area contributed by atoms with Crippen LogP contribution >= 0.6 is 0 Å². The summed E-state index contributed by atoms with van der Waals surface area (Å²) in [5.74, 6) is -1.41. The second-order valence-electron chi connectivity index (χ2n) is 4.89. The topological polar surface area (TPSA) is 49.3 Å². The summed E-state index contributed by atoms with van der Waals surface area (Å²) in [6.07, 6.45) is 0. The lowest BCUT2D eigenvalue weighted by Crippen LogP contribution is -2.14. The lowest BCUT2D eigenvalue weighted by Gasteiger charge is -2.13. The van der Waals surface area contributed by atoms with Gasteiger partial charge in [-0.1, -0.05) is 17.7 Å². The summed E-state index contributed by atoms with van der Waals surface area (Å²) < 4.78 is 12.9. The molecule has 2 aromatic rings. The molecule has 0 fully saturated rings. The number of anilines is 1. The first kappa shape index (κ1) is 14.1. The van der Waals surface area contributed by atoms with E-state index in [9.17, 15) is 14.3 Å². The number of phenolic OH excluding ortho intramolecular Hbond substituents is 1. The summed E-state index contributed by atoms with van der Waals surface area (Å²) in [5, 5.41) is 12.4. The van der Waals surface area contributed by atoms with Crippen molar-refractivity contribution in [1.82, 2.24) is 0 Å². The Kier molecular flexibility index (Phi) is 3.74. The average Bonchev–Trinajstić information content (AvgIpc) is 2.33. The summed E-state index contributed by atoms with van der Waals surface area (Å²) in [7, 11) is 0. The first-order valence-corrected chi connectivity index (χ1v) is 6.26. The van der Waals surface area contributed by atoms with Crippen LogP contribution in [0.15, 0.2) is 30.3 Å². The molecule has 1 amide bonds. The molecule has 104 valence electrons. The lowest BCUT2D eigenvalue weighted by atomic mass is 10.0. The van der Waals surface area contributed by atoms with E-state index in [0.717, 1.165) is 28.8 Å². The number of carbonyl (C=O) groups excluding carboxylic acids is 1. The van der Waals surface area contributed by atoms with Crippen molar-refractivity contribution in [1.29, 1.82) is 0 Å². The van der Waals surface area contributed by atoms with Crippen molar-refractivity contribution in [2.24, 2.45) is 0 Å². The van der Waals surface area contributed by atoms with Gasteiger partial charge in [0, 0.05) is 11.8 Å². The van der Waals surface area contributed by atoms with Crippen LogP contribution in [0.1, 0.15) is 27.0 Å². The Balaban J connectivity index is 2.33. The minimum Gasteiger partial charge on any atom is -0.507 e. The number of halogens is 1. The minimum absolute atomic E-state index is 0.0470. The first-order valence-electron chi connectivity index (χ1n) is 6.26. The number of aryl methyl sites for hydroxylation is 3. The monoisotopic (exact) mass is 273 g/mol. The molecule has 0 unspecified atom stereocenters. The highest BCUT2D eigenvalue weighted by Crippen LogP contribution is 2.24. The first-order chi connectivity index (χ1) is 9.38. The van der Waals surface area contributed by atoms with Gasteiger partial charge in [-0.15, -0.1) is 0 Å². The van der Waals surface area contributed by atoms with E-state index < -0.39 is 11.7 Å². The van der Waals surface area contributed by atoms with Gasteiger partial charge in [-0.2, -0.15) is 0 Å². The van der Waals surface area contributed by atoms with Crippen molar-refractivity contribution >= 4 is 11.6 Å². The minimum atomic E-state index is -0.582. The molecule has 0 atom stereocenters. The lowest BCUT2D eigenvalue weighted by molar-refractivity contribution is 0.102. The van der Waals surface area contributed by atoms with Crippen LogP contribution in [0.2, 0.25) is 0 Å². The van der Waals surface area contributed by atoms with Crippen molar-refractivity contribution in [3.05, 3.63) is 58.4 Å². The highest BCUT2D eigenvalue weighted by Gasteiger charge is 2.14. The molecule has 0 saturated heterocycles. The molecule has 0 aliphatic carbocycles. The third-order valence-corrected chi connectivity index (χ3v) is 3.12. The van der Waals surface area contributed by atoms with Gasteiger partial charge >= 0.3 is 0 Å². The Bertz CT molecular complexity index is 657. The van der Waals surface area contributed by atoms with E-state index >= 15 is 0 Å². The zero-order valence-corrected chi connectivity index (χ0v) is 11.6. The summed E-state index contributed by atoms with van der Waals surface area (Å²) >= 11 is 0. The molecule has 0 aliphatic heterocycles. The van der Waals surface area contributed by atoms with Crippen molar-refractivity contribution < 1.29 is 14.3 Å². The van der Waals surface area contributed by atoms with Crippen molar-refractivity contribution in [3.63, 3.8) is 0 Å². The van der Waals surface area contributed by atoms with Crippen molar-refractivity contribution in [3.8, 4) is 5.75 Å². The summed E-state index contributed by atoms with van der Waals surface area (Å²) in [4.78, 5) is 12.1. The normalized spacial score (nSPS) is 10.4. The molecule has 0 radical (unpaired) electrons. The SMILES string of the molecule is Cc1cc(C)c(NC(=O)c2ccc(F)cc2O)c(C)c1. The Morgan fingerprint density at radius 3 is 2.25 bits per heavy atom. The fourth-order valence-corrected chi connectivity index (χ4v) is 2.25. The zero-order chi connectivity index (χ0) is 14.9. The van der Waals surface area contributed by atoms with Gasteiger partial charge in [0.1, 0.15) is 11.6 Å². The van der Waals surface area contributed by atoms with Crippen LogP contribution in [0.25, 0.3) is 0 Å². The second kappa shape index (κ2) is 5.33. The van der Waals surface area contributed by atoms with Crippen LogP contribution < -0.4 is 5.32 Å². The number of rotatable bonds is 2. The smallest absolute Gasteiger partial charge is 0.259 e. The van der Waals surface area contributed by atoms with Gasteiger partial charge < -0.3 is 10.4 Å². The van der Waals surface area contributed by atoms with Gasteiger partial charge in [-0.25, -0.2) is 4.39 Å². The molecular weight excluding hydrogens is 257 g/mol. The van der Waals surface area contributed by atoms with Gasteiger partial charge in [0.2, 0.25) is 0 Å². The third-order valence-electron chi connectivity index (χ3n) is 3.12. The van der Waals surface area contributed by atoms with Crippen LogP contribution in [0, 0.1) is 26.6 Å². The molecular formula is C16H16FNO2. The molecule has 0 heterocycles. The largest absolute Gasteiger partial charge is 0.507 e. The van der Waals surface area contributed by atoms with Crippen LogP contribution in [0.4, 0.5) is 10.1 Å². The fourth-order valence-electron chi connectivity index (χ4n) is 2.25. The van der Waals surface area contributed by atoms with Gasteiger partial charge in [0.25, 0.3) is 5.91 Å². The van der Waals surface area contributed by atoms with E-state index in [4.69, 9.17) is 0 Å². The molecule has 0 aromatic heterocycles. The van der Waals surface area contributed by atoms with E-state index in [1.54, 1.807) is 0 Å². The molecule has 3 nitrogen and oxygen atoms in total. The highest BCUT2D eigenvalue weighted by molar-refractivity contribution is 6.06. The van der Waals surface area contributed by atoms with Crippen LogP contribution in [-0.4, -0.2) is 11.0 Å². The Hall–Kier alpha value is -2.36. The summed E-state index contributed by atoms with van der Waals surface area (Å²) in [6.45, 7) is 5.79. The molecule has 2 N–H and O–H groups in total. The van der Waals surface area contributed by atoms with E-state index in [1.807, 2.05) is 32.9 Å². The quantitative estimate of drug-likeness (QED) is 0.876. The van der Waals surface area contributed by atoms with Crippen LogP contribution in [0.3, 0.4) is 0 Å². The molecule has 0 saturated carbocycles. The number of amides is 1. The molecule has 0 spiro atoms. The standard InChI is InChI=1S/C16H16FNO2/c1-9-6-10(2)15(11(3)7-9)18-16(20)13-5-4-12(17)8-14(13)19/h4-8,19H,1-3H3,(H,18,20). The Morgan fingerprint density at radius 2 is 1.70 bits per heavy atom. The summed E-state index contributed by atoms with van der Waals surface area (Å²) in [6, 6.07) is 7.26. The number of hydrogen-bond donors (Lipinski definition) is 2. The molecule has 20 heavy (non-hydrogen) atoms. The van der Waals surface area contributed by atoms with Gasteiger partial charge in [0.05, 0.1) is 5.56 Å². The molecule has 2 aromatic carbocycles. The number of nitrogens with one attached hydrogen (secondary N) is 1. The molecule has 0 bridgehead atoms. The Labute approximate surface area is 117 Å². The van der Waals surface area contributed by atoms with Crippen LogP contribution in [0.5, 0.6) is 5.75 Å². The number of phenols is 1. The van der Waals surface area contributed by atoms with Gasteiger partial charge in [-0.3, -0.25) is 4.79 Å². The maximum Gasteiger partial charge on any atom is 0.259 e. The van der Waals surface area contributed by atoms with Crippen molar-refractivity contribution in [2.45, 2.75) is 20.8 Å². The Morgan fingerprint density at radius 1 is 1.10 bits per heavy atom. The van der Waals surface area contributed by atoms with E-state index in [-0.39, 0.29) is 11.3 Å². The van der Waals surface area contributed by atoms with E-state index in [2.05, 4.69) is 5.32 Å². The third kappa shape index (κ3) is 2.79. The maximum atomic E-state index is 12.9. The predicted molar refractivity (Wildman–Crippen MR) is 76.7 cm³/mol. The summed E-state index contributed by atoms with van der Waals surface area (Å²) in [5.41, 5.74) is 3.76. The molecule has 2 rings (SSSR count). The number of aromatic hydroxyl groups is 1. The number of benzene rings is 2. The highest BCUT2D eigenvalue weighted by atomic mass is 19.1. The fraction of sp³-hybridized carbons (Fsp3) is 0.188. The van der Waals surface area contributed by atoms with E-state index in [1.165, 1.54) is 6.07 Å². The number of hydrogen-bond acceptors (Lipinski definition) is 2. The van der Waals surface area contributed by atoms with E-state index in [0.29, 0.717) is 5.69 Å².